The molecule has 0 aliphatic carbocycles. The molecule has 2 rings (SSSR count). The lowest BCUT2D eigenvalue weighted by atomic mass is 10.1. The molecule has 0 unspecified atom stereocenters. The molecule has 0 aliphatic rings. The summed E-state index contributed by atoms with van der Waals surface area (Å²) in [7, 11) is 0. The molecule has 0 atom stereocenters. The maximum absolute atomic E-state index is 11.9. The molecule has 0 N–H and O–H groups in total. The molecule has 0 saturated carbocycles. The van der Waals surface area contributed by atoms with Crippen LogP contribution in [0.15, 0.2) is 42.5 Å². The minimum atomic E-state index is -4.21. The average molecular weight is 301 g/mol. The molecule has 108 valence electrons. The molecular formula is C16H16ClF3. The average Bonchev–Trinajstić information content (AvgIpc) is 2.34. The van der Waals surface area contributed by atoms with Crippen LogP contribution in [0, 0.1) is 20.8 Å². The Morgan fingerprint density at radius 2 is 1.35 bits per heavy atom. The first-order valence-corrected chi connectivity index (χ1v) is 6.44. The van der Waals surface area contributed by atoms with Crippen LogP contribution >= 0.6 is 11.6 Å². The van der Waals surface area contributed by atoms with Crippen molar-refractivity contribution in [2.24, 2.45) is 0 Å². The van der Waals surface area contributed by atoms with E-state index >= 15 is 0 Å². The lowest BCUT2D eigenvalue weighted by Gasteiger charge is -2.05. The van der Waals surface area contributed by atoms with Gasteiger partial charge in [-0.1, -0.05) is 35.4 Å². The van der Waals surface area contributed by atoms with Crippen molar-refractivity contribution in [2.45, 2.75) is 26.9 Å². The van der Waals surface area contributed by atoms with Crippen molar-refractivity contribution in [1.29, 1.82) is 0 Å². The minimum absolute atomic E-state index is 0.594. The highest BCUT2D eigenvalue weighted by molar-refractivity contribution is 6.30. The van der Waals surface area contributed by atoms with E-state index in [1.165, 1.54) is 23.3 Å². The monoisotopic (exact) mass is 300 g/mol. The number of rotatable bonds is 0. The van der Waals surface area contributed by atoms with Crippen molar-refractivity contribution in [2.75, 3.05) is 0 Å². The summed E-state index contributed by atoms with van der Waals surface area (Å²) in [5, 5.41) is 0.818. The summed E-state index contributed by atoms with van der Waals surface area (Å²) in [6.45, 7) is 5.88. The lowest BCUT2D eigenvalue weighted by molar-refractivity contribution is -0.137. The molecule has 0 radical (unpaired) electrons. The summed E-state index contributed by atoms with van der Waals surface area (Å²) in [5.41, 5.74) is 2.78. The maximum atomic E-state index is 11.9. The van der Waals surface area contributed by atoms with Gasteiger partial charge in [0, 0.05) is 5.02 Å². The zero-order valence-corrected chi connectivity index (χ0v) is 12.3. The van der Waals surface area contributed by atoms with Gasteiger partial charge in [-0.3, -0.25) is 0 Å². The van der Waals surface area contributed by atoms with Crippen LogP contribution in [0.3, 0.4) is 0 Å². The molecule has 0 saturated heterocycles. The van der Waals surface area contributed by atoms with Crippen molar-refractivity contribution in [3.05, 3.63) is 69.7 Å². The third kappa shape index (κ3) is 5.25. The Balaban J connectivity index is 0.000000204. The lowest BCUT2D eigenvalue weighted by Crippen LogP contribution is -2.03. The number of alkyl halides is 3. The van der Waals surface area contributed by atoms with E-state index < -0.39 is 11.7 Å². The third-order valence-electron chi connectivity index (χ3n) is 2.85. The Labute approximate surface area is 122 Å². The summed E-state index contributed by atoms with van der Waals surface area (Å²) in [6.07, 6.45) is -4.21. The van der Waals surface area contributed by atoms with Gasteiger partial charge in [-0.15, -0.1) is 0 Å². The summed E-state index contributed by atoms with van der Waals surface area (Å²) in [5.74, 6) is 0. The normalized spacial score (nSPS) is 10.8. The van der Waals surface area contributed by atoms with Crippen molar-refractivity contribution in [3.8, 4) is 0 Å². The van der Waals surface area contributed by atoms with Gasteiger partial charge in [-0.2, -0.15) is 13.2 Å². The first-order chi connectivity index (χ1) is 9.20. The number of aryl methyl sites for hydroxylation is 3. The van der Waals surface area contributed by atoms with Crippen molar-refractivity contribution < 1.29 is 13.2 Å². The van der Waals surface area contributed by atoms with E-state index in [1.807, 2.05) is 18.2 Å². The zero-order chi connectivity index (χ0) is 15.3. The number of hydrogen-bond acceptors (Lipinski definition) is 0. The van der Waals surface area contributed by atoms with E-state index in [9.17, 15) is 13.2 Å². The smallest absolute Gasteiger partial charge is 0.166 e. The van der Waals surface area contributed by atoms with E-state index in [1.54, 1.807) is 6.92 Å². The maximum Gasteiger partial charge on any atom is 0.416 e. The second-order valence-corrected chi connectivity index (χ2v) is 5.03. The van der Waals surface area contributed by atoms with Gasteiger partial charge in [0.25, 0.3) is 0 Å². The van der Waals surface area contributed by atoms with E-state index in [0.29, 0.717) is 0 Å². The standard InChI is InChI=1S/C8H9Cl.C8H7F3/c1-6-3-4-8(9)5-7(6)2;1-6-2-4-7(5-3-6)8(9,10)11/h3-5H,1-2H3;2-5H,1H3. The van der Waals surface area contributed by atoms with Gasteiger partial charge in [-0.25, -0.2) is 0 Å². The molecule has 0 amide bonds. The highest BCUT2D eigenvalue weighted by atomic mass is 35.5. The topological polar surface area (TPSA) is 0 Å². The first kappa shape index (κ1) is 16.6. The van der Waals surface area contributed by atoms with E-state index in [2.05, 4.69) is 13.8 Å². The highest BCUT2D eigenvalue weighted by Crippen LogP contribution is 2.28. The molecule has 2 aromatic carbocycles. The van der Waals surface area contributed by atoms with Crippen LogP contribution in [0.1, 0.15) is 22.3 Å². The van der Waals surface area contributed by atoms with Crippen LogP contribution in [0.5, 0.6) is 0 Å². The van der Waals surface area contributed by atoms with Crippen LogP contribution in [-0.2, 0) is 6.18 Å². The van der Waals surface area contributed by atoms with Gasteiger partial charge in [0.2, 0.25) is 0 Å². The number of benzene rings is 2. The van der Waals surface area contributed by atoms with Crippen molar-refractivity contribution in [1.82, 2.24) is 0 Å². The summed E-state index contributed by atoms with van der Waals surface area (Å²) < 4.78 is 35.8. The minimum Gasteiger partial charge on any atom is -0.166 e. The van der Waals surface area contributed by atoms with Crippen LogP contribution in [0.25, 0.3) is 0 Å². The predicted molar refractivity (Wildman–Crippen MR) is 77.1 cm³/mol. The molecule has 0 heterocycles. The van der Waals surface area contributed by atoms with Gasteiger partial charge in [-0.05, 0) is 56.2 Å². The summed E-state index contributed by atoms with van der Waals surface area (Å²) in [6, 6.07) is 11.0. The Morgan fingerprint density at radius 3 is 1.75 bits per heavy atom. The fourth-order valence-corrected chi connectivity index (χ4v) is 1.67. The molecule has 20 heavy (non-hydrogen) atoms. The molecule has 0 aliphatic heterocycles. The van der Waals surface area contributed by atoms with Crippen LogP contribution < -0.4 is 0 Å². The molecule has 0 spiro atoms. The Bertz CT molecular complexity index is 557. The Morgan fingerprint density at radius 1 is 0.800 bits per heavy atom. The molecule has 0 aromatic heterocycles. The first-order valence-electron chi connectivity index (χ1n) is 6.07. The van der Waals surface area contributed by atoms with Gasteiger partial charge in [0.1, 0.15) is 0 Å². The van der Waals surface area contributed by atoms with Gasteiger partial charge in [0.05, 0.1) is 5.56 Å². The molecule has 0 nitrogen and oxygen atoms in total. The van der Waals surface area contributed by atoms with Gasteiger partial charge in [0.15, 0.2) is 0 Å². The van der Waals surface area contributed by atoms with Crippen LogP contribution in [-0.4, -0.2) is 0 Å². The zero-order valence-electron chi connectivity index (χ0n) is 11.6. The largest absolute Gasteiger partial charge is 0.416 e. The Kier molecular flexibility index (Phi) is 5.63. The van der Waals surface area contributed by atoms with Crippen LogP contribution in [0.4, 0.5) is 13.2 Å². The van der Waals surface area contributed by atoms with E-state index in [4.69, 9.17) is 11.6 Å². The molecular weight excluding hydrogens is 285 g/mol. The molecule has 2 aromatic rings. The summed E-state index contributed by atoms with van der Waals surface area (Å²) >= 11 is 5.72. The summed E-state index contributed by atoms with van der Waals surface area (Å²) in [4.78, 5) is 0. The molecule has 0 fully saturated rings. The molecule has 0 bridgehead atoms. The van der Waals surface area contributed by atoms with Crippen molar-refractivity contribution >= 4 is 11.6 Å². The van der Waals surface area contributed by atoms with E-state index in [-0.39, 0.29) is 0 Å². The fourth-order valence-electron chi connectivity index (χ4n) is 1.45. The van der Waals surface area contributed by atoms with Crippen molar-refractivity contribution in [3.63, 3.8) is 0 Å². The highest BCUT2D eigenvalue weighted by Gasteiger charge is 2.29. The number of hydrogen-bond donors (Lipinski definition) is 0. The number of halogens is 4. The second-order valence-electron chi connectivity index (χ2n) is 4.59. The van der Waals surface area contributed by atoms with Gasteiger partial charge >= 0.3 is 6.18 Å². The SMILES string of the molecule is Cc1ccc(C(F)(F)F)cc1.Cc1ccc(Cl)cc1C. The predicted octanol–water partition coefficient (Wildman–Crippen LogP) is 5.97. The Hall–Kier alpha value is -1.48. The quantitative estimate of drug-likeness (QED) is 0.562. The van der Waals surface area contributed by atoms with Gasteiger partial charge < -0.3 is 0 Å². The fraction of sp³-hybridized carbons (Fsp3) is 0.250. The van der Waals surface area contributed by atoms with Crippen LogP contribution in [0.2, 0.25) is 5.02 Å². The van der Waals surface area contributed by atoms with E-state index in [0.717, 1.165) is 22.7 Å². The third-order valence-corrected chi connectivity index (χ3v) is 3.08. The molecule has 4 heteroatoms. The second kappa shape index (κ2) is 6.80.